The second kappa shape index (κ2) is 8.10. The van der Waals surface area contributed by atoms with Crippen molar-refractivity contribution in [2.75, 3.05) is 6.67 Å². The zero-order chi connectivity index (χ0) is 21.2. The molecular weight excluding hydrogens is 463 g/mol. The van der Waals surface area contributed by atoms with Gasteiger partial charge >= 0.3 is 6.18 Å². The van der Waals surface area contributed by atoms with E-state index in [1.807, 2.05) is 0 Å². The van der Waals surface area contributed by atoms with E-state index in [9.17, 15) is 26.7 Å². The van der Waals surface area contributed by atoms with Gasteiger partial charge in [0.2, 0.25) is 0 Å². The molecule has 2 aromatic rings. The summed E-state index contributed by atoms with van der Waals surface area (Å²) < 4.78 is 73.9. The monoisotopic (exact) mass is 476 g/mol. The Labute approximate surface area is 170 Å². The summed E-state index contributed by atoms with van der Waals surface area (Å²) in [7, 11) is 0. The lowest BCUT2D eigenvalue weighted by atomic mass is 9.85. The first-order chi connectivity index (χ1) is 13.6. The third-order valence-corrected chi connectivity index (χ3v) is 4.86. The molecule has 0 spiro atoms. The number of ether oxygens (including phenoxy) is 1. The van der Waals surface area contributed by atoms with Gasteiger partial charge in [-0.15, -0.1) is 0 Å². The van der Waals surface area contributed by atoms with Crippen molar-refractivity contribution < 1.29 is 31.5 Å². The van der Waals surface area contributed by atoms with Crippen molar-refractivity contribution in [2.45, 2.75) is 24.2 Å². The third-order valence-electron chi connectivity index (χ3n) is 4.36. The summed E-state index contributed by atoms with van der Waals surface area (Å²) in [5.74, 6) is -1.72. The molecule has 154 valence electrons. The van der Waals surface area contributed by atoms with E-state index in [4.69, 9.17) is 4.74 Å². The van der Waals surface area contributed by atoms with Gasteiger partial charge < -0.3 is 4.74 Å². The van der Waals surface area contributed by atoms with Gasteiger partial charge in [0.1, 0.15) is 18.0 Å². The van der Waals surface area contributed by atoms with Crippen LogP contribution in [0.1, 0.15) is 22.3 Å². The molecule has 0 fully saturated rings. The van der Waals surface area contributed by atoms with E-state index in [1.54, 1.807) is 18.2 Å². The van der Waals surface area contributed by atoms with Crippen LogP contribution >= 0.6 is 15.9 Å². The number of alkyl halides is 4. The second-order valence-corrected chi connectivity index (χ2v) is 7.29. The van der Waals surface area contributed by atoms with Crippen LogP contribution in [0, 0.1) is 5.82 Å². The van der Waals surface area contributed by atoms with Crippen molar-refractivity contribution in [1.29, 1.82) is 0 Å². The highest BCUT2D eigenvalue weighted by molar-refractivity contribution is 9.10. The van der Waals surface area contributed by atoms with Gasteiger partial charge in [-0.3, -0.25) is 10.1 Å². The summed E-state index contributed by atoms with van der Waals surface area (Å²) in [4.78, 5) is 16.2. The lowest BCUT2D eigenvalue weighted by molar-refractivity contribution is -0.209. The first-order valence-corrected chi connectivity index (χ1v) is 9.15. The zero-order valence-electron chi connectivity index (χ0n) is 14.6. The molecule has 0 unspecified atom stereocenters. The predicted octanol–water partition coefficient (Wildman–Crippen LogP) is 4.89. The number of benzene rings is 2. The fourth-order valence-corrected chi connectivity index (χ4v) is 3.29. The van der Waals surface area contributed by atoms with E-state index >= 15 is 0 Å². The molecule has 3 rings (SSSR count). The van der Waals surface area contributed by atoms with Crippen LogP contribution in [0.2, 0.25) is 0 Å². The van der Waals surface area contributed by atoms with Gasteiger partial charge in [0, 0.05) is 22.0 Å². The average Bonchev–Trinajstić information content (AvgIpc) is 2.69. The topological polar surface area (TPSA) is 50.7 Å². The maximum Gasteiger partial charge on any atom is 0.425 e. The smallest absolute Gasteiger partial charge is 0.425 e. The van der Waals surface area contributed by atoms with Gasteiger partial charge in [0.15, 0.2) is 6.10 Å². The molecule has 1 heterocycles. The number of hydrogen-bond acceptors (Lipinski definition) is 3. The summed E-state index contributed by atoms with van der Waals surface area (Å²) in [5.41, 5.74) is -2.46. The molecule has 1 aliphatic rings. The van der Waals surface area contributed by atoms with Crippen LogP contribution in [0.5, 0.6) is 0 Å². The largest absolute Gasteiger partial charge is 0.452 e. The number of hydrogen-bond donors (Lipinski definition) is 1. The maximum atomic E-state index is 14.4. The van der Waals surface area contributed by atoms with Gasteiger partial charge in [-0.25, -0.2) is 13.8 Å². The van der Waals surface area contributed by atoms with Crippen LogP contribution in [0.3, 0.4) is 0 Å². The summed E-state index contributed by atoms with van der Waals surface area (Å²) in [6.07, 6.45) is -8.35. The molecular formula is C19H14BrF5N2O2. The summed E-state index contributed by atoms with van der Waals surface area (Å²) >= 11 is 3.10. The number of aliphatic imine (C=N–C) groups is 1. The van der Waals surface area contributed by atoms with Gasteiger partial charge in [-0.1, -0.05) is 34.1 Å². The number of amides is 1. The number of carbonyl (C=O) groups is 1. The first kappa shape index (κ1) is 21.2. The molecule has 0 aromatic heterocycles. The van der Waals surface area contributed by atoms with Gasteiger partial charge in [0.25, 0.3) is 11.9 Å². The molecule has 0 bridgehead atoms. The Bertz CT molecular complexity index is 936. The molecule has 29 heavy (non-hydrogen) atoms. The van der Waals surface area contributed by atoms with E-state index in [0.29, 0.717) is 4.47 Å². The van der Waals surface area contributed by atoms with Crippen molar-refractivity contribution in [1.82, 2.24) is 5.32 Å². The minimum atomic E-state index is -4.89. The molecule has 2 atom stereocenters. The molecule has 4 nitrogen and oxygen atoms in total. The Kier molecular flexibility index (Phi) is 5.92. The minimum absolute atomic E-state index is 0.132. The SMILES string of the molecule is O=C(NC1=N[C@](CF)(c2cc(Br)ccc2F)C[C@@H](C(F)(F)F)O1)c1ccccc1. The molecule has 0 saturated heterocycles. The Balaban J connectivity index is 2.05. The van der Waals surface area contributed by atoms with Crippen molar-refractivity contribution in [3.8, 4) is 0 Å². The highest BCUT2D eigenvalue weighted by Gasteiger charge is 2.52. The molecule has 1 N–H and O–H groups in total. The molecule has 1 aliphatic heterocycles. The predicted molar refractivity (Wildman–Crippen MR) is 98.6 cm³/mol. The van der Waals surface area contributed by atoms with Crippen molar-refractivity contribution in [2.24, 2.45) is 4.99 Å². The summed E-state index contributed by atoms with van der Waals surface area (Å²) in [6.45, 7) is -1.43. The Morgan fingerprint density at radius 1 is 1.24 bits per heavy atom. The summed E-state index contributed by atoms with van der Waals surface area (Å²) in [5, 5.41) is 2.12. The van der Waals surface area contributed by atoms with Crippen LogP contribution in [-0.4, -0.2) is 30.9 Å². The lowest BCUT2D eigenvalue weighted by Crippen LogP contribution is -2.50. The van der Waals surface area contributed by atoms with Gasteiger partial charge in [0.05, 0.1) is 0 Å². The van der Waals surface area contributed by atoms with E-state index < -0.39 is 48.7 Å². The lowest BCUT2D eigenvalue weighted by Gasteiger charge is -2.37. The highest BCUT2D eigenvalue weighted by atomic mass is 79.9. The van der Waals surface area contributed by atoms with Crippen LogP contribution in [-0.2, 0) is 10.3 Å². The first-order valence-electron chi connectivity index (χ1n) is 8.36. The number of rotatable bonds is 3. The Morgan fingerprint density at radius 3 is 2.55 bits per heavy atom. The zero-order valence-corrected chi connectivity index (χ0v) is 16.2. The van der Waals surface area contributed by atoms with Crippen molar-refractivity contribution >= 4 is 27.9 Å². The van der Waals surface area contributed by atoms with Gasteiger partial charge in [-0.05, 0) is 30.3 Å². The van der Waals surface area contributed by atoms with Crippen LogP contribution < -0.4 is 5.32 Å². The van der Waals surface area contributed by atoms with E-state index in [-0.39, 0.29) is 11.1 Å². The highest BCUT2D eigenvalue weighted by Crippen LogP contribution is 2.42. The van der Waals surface area contributed by atoms with E-state index in [1.165, 1.54) is 18.2 Å². The normalized spacial score (nSPS) is 21.9. The number of amidine groups is 1. The quantitative estimate of drug-likeness (QED) is 0.641. The fraction of sp³-hybridized carbons (Fsp3) is 0.263. The van der Waals surface area contributed by atoms with Gasteiger partial charge in [-0.2, -0.15) is 13.2 Å². The number of carbonyl (C=O) groups excluding carboxylic acids is 1. The van der Waals surface area contributed by atoms with E-state index in [2.05, 4.69) is 26.2 Å². The van der Waals surface area contributed by atoms with E-state index in [0.717, 1.165) is 12.1 Å². The van der Waals surface area contributed by atoms with Crippen LogP contribution in [0.25, 0.3) is 0 Å². The van der Waals surface area contributed by atoms with Crippen LogP contribution in [0.15, 0.2) is 58.0 Å². The standard InChI is InChI=1S/C19H14BrF5N2O2/c20-12-6-7-14(22)13(8-12)18(10-21)9-15(19(23,24)25)29-17(27-18)26-16(28)11-4-2-1-3-5-11/h1-8,15H,9-10H2,(H,26,27,28)/t15-,18+/m0/s1. The Morgan fingerprint density at radius 2 is 1.93 bits per heavy atom. The minimum Gasteiger partial charge on any atom is -0.452 e. The third kappa shape index (κ3) is 4.58. The average molecular weight is 477 g/mol. The number of halogens is 6. The molecule has 10 heteroatoms. The molecule has 0 saturated carbocycles. The molecule has 0 radical (unpaired) electrons. The molecule has 2 aromatic carbocycles. The Hall–Kier alpha value is -2.49. The second-order valence-electron chi connectivity index (χ2n) is 6.38. The number of nitrogens with one attached hydrogen (secondary N) is 1. The van der Waals surface area contributed by atoms with Crippen molar-refractivity contribution in [3.63, 3.8) is 0 Å². The number of nitrogens with zero attached hydrogens (tertiary/aromatic N) is 1. The maximum absolute atomic E-state index is 14.4. The fourth-order valence-electron chi connectivity index (χ4n) is 2.93. The van der Waals surface area contributed by atoms with Crippen molar-refractivity contribution in [3.05, 3.63) is 69.9 Å². The summed E-state index contributed by atoms with van der Waals surface area (Å²) in [6, 6.07) is 10.3. The molecule has 1 amide bonds. The van der Waals surface area contributed by atoms with Crippen LogP contribution in [0.4, 0.5) is 22.0 Å². The molecule has 0 aliphatic carbocycles.